The normalized spacial score (nSPS) is 14.9. The lowest BCUT2D eigenvalue weighted by Gasteiger charge is -2.15. The van der Waals surface area contributed by atoms with Gasteiger partial charge in [0.2, 0.25) is 0 Å². The summed E-state index contributed by atoms with van der Waals surface area (Å²) in [6.45, 7) is 7.68. The Kier molecular flexibility index (Phi) is 5.46. The van der Waals surface area contributed by atoms with Gasteiger partial charge in [-0.2, -0.15) is 0 Å². The summed E-state index contributed by atoms with van der Waals surface area (Å²) in [5.74, 6) is 0. The zero-order valence-electron chi connectivity index (χ0n) is 15.2. The number of thiophene rings is 1. The Morgan fingerprint density at radius 3 is 2.62 bits per heavy atom. The molecule has 0 aliphatic carbocycles. The van der Waals surface area contributed by atoms with E-state index in [1.165, 1.54) is 9.75 Å². The maximum Gasteiger partial charge on any atom is 0.410 e. The highest BCUT2D eigenvalue weighted by atomic mass is 32.1. The van der Waals surface area contributed by atoms with Crippen molar-refractivity contribution >= 4 is 29.1 Å². The van der Waals surface area contributed by atoms with Crippen LogP contribution in [0.5, 0.6) is 0 Å². The molecule has 1 saturated heterocycles. The molecule has 1 aromatic heterocycles. The highest BCUT2D eigenvalue weighted by Crippen LogP contribution is 2.26. The number of rotatable bonds is 5. The van der Waals surface area contributed by atoms with Crippen molar-refractivity contribution in [2.75, 3.05) is 18.5 Å². The molecule has 0 spiro atoms. The number of urea groups is 1. The number of nitrogens with one attached hydrogen (secondary N) is 2. The number of amides is 3. The molecular weight excluding hydrogens is 350 g/mol. The average molecular weight is 373 g/mol. The van der Waals surface area contributed by atoms with Crippen LogP contribution in [0.15, 0.2) is 30.3 Å². The average Bonchev–Trinajstić information content (AvgIpc) is 3.14. The van der Waals surface area contributed by atoms with Crippen molar-refractivity contribution in [1.82, 2.24) is 10.2 Å². The molecule has 3 rings (SSSR count). The highest BCUT2D eigenvalue weighted by Gasteiger charge is 2.21. The van der Waals surface area contributed by atoms with Gasteiger partial charge in [0.1, 0.15) is 6.61 Å². The van der Waals surface area contributed by atoms with Gasteiger partial charge in [-0.15, -0.1) is 11.3 Å². The minimum atomic E-state index is -0.278. The maximum absolute atomic E-state index is 12.2. The smallest absolute Gasteiger partial charge is 0.410 e. The molecule has 1 aliphatic heterocycles. The number of hydrogen-bond acceptors (Lipinski definition) is 4. The fraction of sp³-hybridized carbons (Fsp3) is 0.368. The van der Waals surface area contributed by atoms with E-state index in [9.17, 15) is 9.59 Å². The third-order valence-electron chi connectivity index (χ3n) is 4.32. The molecule has 7 heteroatoms. The Morgan fingerprint density at radius 1 is 1.31 bits per heavy atom. The van der Waals surface area contributed by atoms with Crippen LogP contribution in [0.4, 0.5) is 15.3 Å². The fourth-order valence-electron chi connectivity index (χ4n) is 3.01. The number of cyclic esters (lactones) is 1. The van der Waals surface area contributed by atoms with Crippen LogP contribution in [-0.2, 0) is 11.3 Å². The van der Waals surface area contributed by atoms with Crippen molar-refractivity contribution in [3.05, 3.63) is 51.2 Å². The Hall–Kier alpha value is -2.54. The summed E-state index contributed by atoms with van der Waals surface area (Å²) in [6.07, 6.45) is -0.278. The van der Waals surface area contributed by atoms with E-state index in [1.54, 1.807) is 16.2 Å². The summed E-state index contributed by atoms with van der Waals surface area (Å²) in [5.41, 5.74) is 2.85. The van der Waals surface area contributed by atoms with Gasteiger partial charge in [0.05, 0.1) is 12.6 Å². The number of nitrogens with zero attached hydrogens (tertiary/aromatic N) is 1. The van der Waals surface area contributed by atoms with E-state index in [0.717, 1.165) is 11.1 Å². The van der Waals surface area contributed by atoms with E-state index < -0.39 is 0 Å². The summed E-state index contributed by atoms with van der Waals surface area (Å²) < 4.78 is 4.92. The molecular formula is C19H23N3O3S. The van der Waals surface area contributed by atoms with Gasteiger partial charge in [-0.25, -0.2) is 9.59 Å². The minimum absolute atomic E-state index is 0.0552. The zero-order valence-corrected chi connectivity index (χ0v) is 16.0. The largest absolute Gasteiger partial charge is 0.448 e. The number of anilines is 1. The summed E-state index contributed by atoms with van der Waals surface area (Å²) in [5, 5.41) is 5.81. The molecule has 6 nitrogen and oxygen atoms in total. The molecule has 2 aromatic rings. The molecule has 0 unspecified atom stereocenters. The number of carbonyl (C=O) groups is 2. The molecule has 138 valence electrons. The van der Waals surface area contributed by atoms with Crippen LogP contribution in [0, 0.1) is 13.8 Å². The van der Waals surface area contributed by atoms with E-state index in [-0.39, 0.29) is 18.2 Å². The summed E-state index contributed by atoms with van der Waals surface area (Å²) in [4.78, 5) is 27.8. The molecule has 1 atom stereocenters. The van der Waals surface area contributed by atoms with Gasteiger partial charge >= 0.3 is 12.1 Å². The first kappa shape index (κ1) is 18.3. The molecule has 1 aromatic carbocycles. The first-order valence-corrected chi connectivity index (χ1v) is 9.39. The number of aryl methyl sites for hydroxylation is 2. The third-order valence-corrected chi connectivity index (χ3v) is 5.31. The van der Waals surface area contributed by atoms with E-state index >= 15 is 0 Å². The van der Waals surface area contributed by atoms with Gasteiger partial charge in [0.25, 0.3) is 0 Å². The second kappa shape index (κ2) is 7.78. The third kappa shape index (κ3) is 4.35. The number of carbonyl (C=O) groups excluding carboxylic acids is 2. The highest BCUT2D eigenvalue weighted by molar-refractivity contribution is 7.12. The van der Waals surface area contributed by atoms with Crippen LogP contribution in [0.25, 0.3) is 0 Å². The van der Waals surface area contributed by atoms with E-state index in [2.05, 4.69) is 30.5 Å². The lowest BCUT2D eigenvalue weighted by molar-refractivity contribution is 0.157. The SMILES string of the molecule is Cc1cc([C@@H](C)NC(=O)Nc2ccc(CN3CCOC3=O)cc2)c(C)s1. The van der Waals surface area contributed by atoms with Crippen LogP contribution in [-0.4, -0.2) is 30.2 Å². The first-order chi connectivity index (χ1) is 12.4. The van der Waals surface area contributed by atoms with Gasteiger partial charge < -0.3 is 20.3 Å². The summed E-state index contributed by atoms with van der Waals surface area (Å²) in [7, 11) is 0. The van der Waals surface area contributed by atoms with Gasteiger partial charge in [0, 0.05) is 22.0 Å². The van der Waals surface area contributed by atoms with E-state index in [4.69, 9.17) is 4.74 Å². The fourth-order valence-corrected chi connectivity index (χ4v) is 4.03. The standard InChI is InChI=1S/C19H23N3O3S/c1-12-10-17(14(3)26-12)13(2)20-18(23)21-16-6-4-15(5-7-16)11-22-8-9-25-19(22)24/h4-7,10,13H,8-9,11H2,1-3H3,(H2,20,21,23)/t13-/m1/s1. The predicted molar refractivity (Wildman–Crippen MR) is 103 cm³/mol. The molecule has 3 amide bonds. The first-order valence-electron chi connectivity index (χ1n) is 8.57. The van der Waals surface area contributed by atoms with Gasteiger partial charge in [-0.05, 0) is 50.1 Å². The molecule has 1 aliphatic rings. The topological polar surface area (TPSA) is 70.7 Å². The quantitative estimate of drug-likeness (QED) is 0.825. The zero-order chi connectivity index (χ0) is 18.7. The van der Waals surface area contributed by atoms with Gasteiger partial charge in [0.15, 0.2) is 0 Å². The Balaban J connectivity index is 1.54. The van der Waals surface area contributed by atoms with Crippen LogP contribution in [0.1, 0.15) is 33.8 Å². The van der Waals surface area contributed by atoms with Crippen LogP contribution < -0.4 is 10.6 Å². The van der Waals surface area contributed by atoms with E-state index in [0.29, 0.717) is 25.4 Å². The summed E-state index contributed by atoms with van der Waals surface area (Å²) >= 11 is 1.73. The van der Waals surface area contributed by atoms with Crippen LogP contribution in [0.2, 0.25) is 0 Å². The van der Waals surface area contributed by atoms with Crippen molar-refractivity contribution in [1.29, 1.82) is 0 Å². The second-order valence-electron chi connectivity index (χ2n) is 6.42. The van der Waals surface area contributed by atoms with Crippen LogP contribution >= 0.6 is 11.3 Å². The molecule has 0 bridgehead atoms. The lowest BCUT2D eigenvalue weighted by Crippen LogP contribution is -2.31. The predicted octanol–water partition coefficient (Wildman–Crippen LogP) is 4.20. The Bertz CT molecular complexity index is 801. The number of hydrogen-bond donors (Lipinski definition) is 2. The Labute approximate surface area is 157 Å². The van der Waals surface area contributed by atoms with Crippen molar-refractivity contribution in [2.45, 2.75) is 33.4 Å². The van der Waals surface area contributed by atoms with Gasteiger partial charge in [-0.3, -0.25) is 0 Å². The van der Waals surface area contributed by atoms with Crippen molar-refractivity contribution in [3.63, 3.8) is 0 Å². The van der Waals surface area contributed by atoms with Gasteiger partial charge in [-0.1, -0.05) is 12.1 Å². The summed E-state index contributed by atoms with van der Waals surface area (Å²) in [6, 6.07) is 9.29. The Morgan fingerprint density at radius 2 is 2.04 bits per heavy atom. The van der Waals surface area contributed by atoms with Crippen molar-refractivity contribution in [3.8, 4) is 0 Å². The molecule has 0 radical (unpaired) electrons. The van der Waals surface area contributed by atoms with Crippen molar-refractivity contribution in [2.24, 2.45) is 0 Å². The van der Waals surface area contributed by atoms with Crippen molar-refractivity contribution < 1.29 is 14.3 Å². The van der Waals surface area contributed by atoms with Crippen LogP contribution in [0.3, 0.4) is 0 Å². The maximum atomic E-state index is 12.2. The lowest BCUT2D eigenvalue weighted by atomic mass is 10.1. The molecule has 2 N–H and O–H groups in total. The number of ether oxygens (including phenoxy) is 1. The molecule has 1 fully saturated rings. The number of benzene rings is 1. The molecule has 0 saturated carbocycles. The minimum Gasteiger partial charge on any atom is -0.448 e. The van der Waals surface area contributed by atoms with E-state index in [1.807, 2.05) is 31.2 Å². The molecule has 2 heterocycles. The molecule has 26 heavy (non-hydrogen) atoms. The second-order valence-corrected chi connectivity index (χ2v) is 7.88. The monoisotopic (exact) mass is 373 g/mol.